The summed E-state index contributed by atoms with van der Waals surface area (Å²) in [4.78, 5) is 27.7. The monoisotopic (exact) mass is 393 g/mol. The summed E-state index contributed by atoms with van der Waals surface area (Å²) in [5.74, 6) is -0.247. The predicted molar refractivity (Wildman–Crippen MR) is 104 cm³/mol. The molecule has 0 radical (unpaired) electrons. The van der Waals surface area contributed by atoms with Crippen LogP contribution in [0.2, 0.25) is 5.02 Å². The van der Waals surface area contributed by atoms with Gasteiger partial charge in [0.05, 0.1) is 23.8 Å². The maximum atomic E-state index is 13.0. The van der Waals surface area contributed by atoms with Crippen molar-refractivity contribution in [3.63, 3.8) is 0 Å². The van der Waals surface area contributed by atoms with Crippen LogP contribution in [0.15, 0.2) is 24.3 Å². The Hall–Kier alpha value is -1.73. The smallest absolute Gasteiger partial charge is 0.280 e. The van der Waals surface area contributed by atoms with E-state index in [0.29, 0.717) is 40.9 Å². The van der Waals surface area contributed by atoms with Gasteiger partial charge in [-0.25, -0.2) is 0 Å². The molecule has 2 aromatic rings. The number of benzene rings is 1. The van der Waals surface area contributed by atoms with E-state index < -0.39 is 0 Å². The topological polar surface area (TPSA) is 59.8 Å². The molecule has 1 amide bonds. The molecule has 1 aromatic heterocycles. The summed E-state index contributed by atoms with van der Waals surface area (Å²) in [5.41, 5.74) is 1.87. The molecule has 0 atom stereocenters. The van der Waals surface area contributed by atoms with E-state index in [1.165, 1.54) is 16.2 Å². The lowest BCUT2D eigenvalue weighted by Crippen LogP contribution is -3.15. The van der Waals surface area contributed by atoms with E-state index >= 15 is 0 Å². The zero-order valence-electron chi connectivity index (χ0n) is 14.9. The number of carbonyl (C=O) groups excluding carboxylic acids is 2. The lowest BCUT2D eigenvalue weighted by molar-refractivity contribution is -0.899. The maximum absolute atomic E-state index is 13.0. The molecular formula is C19H22ClN2O3S+. The average molecular weight is 394 g/mol. The standard InChI is InChI=1S/C19H21ClN2O3S/c1-12-13(2)26-19(21-16(23)11-22-7-9-25-10-8-22)17(12)18(24)14-5-3-4-6-15(14)20/h3-6H,7-11H2,1-2H3,(H,21,23)/p+1. The summed E-state index contributed by atoms with van der Waals surface area (Å²) >= 11 is 7.63. The molecular weight excluding hydrogens is 372 g/mol. The minimum Gasteiger partial charge on any atom is -0.370 e. The van der Waals surface area contributed by atoms with Crippen LogP contribution in [-0.4, -0.2) is 44.5 Å². The summed E-state index contributed by atoms with van der Waals surface area (Å²) in [5, 5.41) is 3.96. The van der Waals surface area contributed by atoms with Crippen molar-refractivity contribution in [1.82, 2.24) is 0 Å². The van der Waals surface area contributed by atoms with Crippen molar-refractivity contribution in [2.45, 2.75) is 13.8 Å². The summed E-state index contributed by atoms with van der Waals surface area (Å²) in [6.45, 7) is 7.22. The Morgan fingerprint density at radius 1 is 1.23 bits per heavy atom. The van der Waals surface area contributed by atoms with Gasteiger partial charge in [-0.15, -0.1) is 11.3 Å². The van der Waals surface area contributed by atoms with Gasteiger partial charge in [0, 0.05) is 10.4 Å². The van der Waals surface area contributed by atoms with Crippen molar-refractivity contribution in [3.8, 4) is 0 Å². The molecule has 0 aliphatic carbocycles. The van der Waals surface area contributed by atoms with E-state index in [-0.39, 0.29) is 11.7 Å². The summed E-state index contributed by atoms with van der Waals surface area (Å²) in [7, 11) is 0. The van der Waals surface area contributed by atoms with Crippen LogP contribution in [0.25, 0.3) is 0 Å². The zero-order chi connectivity index (χ0) is 18.7. The van der Waals surface area contributed by atoms with Crippen molar-refractivity contribution in [2.75, 3.05) is 38.2 Å². The predicted octanol–water partition coefficient (Wildman–Crippen LogP) is 2.10. The maximum Gasteiger partial charge on any atom is 0.280 e. The number of anilines is 1. The van der Waals surface area contributed by atoms with Gasteiger partial charge in [0.1, 0.15) is 18.1 Å². The number of aryl methyl sites for hydroxylation is 1. The Morgan fingerprint density at radius 3 is 2.62 bits per heavy atom. The number of amides is 1. The minimum absolute atomic E-state index is 0.0867. The van der Waals surface area contributed by atoms with Gasteiger partial charge in [0.15, 0.2) is 12.3 Å². The summed E-state index contributed by atoms with van der Waals surface area (Å²) < 4.78 is 5.32. The van der Waals surface area contributed by atoms with Gasteiger partial charge in [0.2, 0.25) is 0 Å². The van der Waals surface area contributed by atoms with Gasteiger partial charge < -0.3 is 15.0 Å². The van der Waals surface area contributed by atoms with Crippen LogP contribution in [0.3, 0.4) is 0 Å². The van der Waals surface area contributed by atoms with Crippen LogP contribution in [0.1, 0.15) is 26.4 Å². The molecule has 0 spiro atoms. The van der Waals surface area contributed by atoms with Crippen LogP contribution < -0.4 is 10.2 Å². The third-order valence-corrected chi connectivity index (χ3v) is 6.05. The number of hydrogen-bond acceptors (Lipinski definition) is 4. The van der Waals surface area contributed by atoms with E-state index in [4.69, 9.17) is 16.3 Å². The second-order valence-corrected chi connectivity index (χ2v) is 8.02. The molecule has 3 rings (SSSR count). The number of ether oxygens (including phenoxy) is 1. The molecule has 2 N–H and O–H groups in total. The highest BCUT2D eigenvalue weighted by Gasteiger charge is 2.25. The van der Waals surface area contributed by atoms with Crippen molar-refractivity contribution in [2.24, 2.45) is 0 Å². The first kappa shape index (κ1) is 19.0. The van der Waals surface area contributed by atoms with Gasteiger partial charge in [-0.1, -0.05) is 23.7 Å². The number of halogens is 1. The summed E-state index contributed by atoms with van der Waals surface area (Å²) in [6.07, 6.45) is 0. The highest BCUT2D eigenvalue weighted by atomic mass is 35.5. The largest absolute Gasteiger partial charge is 0.370 e. The number of carbonyl (C=O) groups is 2. The lowest BCUT2D eigenvalue weighted by atomic mass is 10.0. The number of morpholine rings is 1. The molecule has 0 saturated carbocycles. The molecule has 7 heteroatoms. The van der Waals surface area contributed by atoms with Crippen molar-refractivity contribution >= 4 is 39.6 Å². The Kier molecular flexibility index (Phi) is 6.09. The highest BCUT2D eigenvalue weighted by molar-refractivity contribution is 7.16. The number of thiophene rings is 1. The van der Waals surface area contributed by atoms with Crippen LogP contribution in [0.5, 0.6) is 0 Å². The van der Waals surface area contributed by atoms with Gasteiger partial charge >= 0.3 is 0 Å². The Labute approximate surface area is 161 Å². The fraction of sp³-hybridized carbons (Fsp3) is 0.368. The van der Waals surface area contributed by atoms with Gasteiger partial charge in [-0.2, -0.15) is 0 Å². The van der Waals surface area contributed by atoms with Crippen LogP contribution >= 0.6 is 22.9 Å². The van der Waals surface area contributed by atoms with Crippen LogP contribution in [0, 0.1) is 13.8 Å². The molecule has 138 valence electrons. The van der Waals surface area contributed by atoms with Gasteiger partial charge in [0.25, 0.3) is 5.91 Å². The molecule has 1 fully saturated rings. The Bertz CT molecular complexity index is 828. The molecule has 0 unspecified atom stereocenters. The van der Waals surface area contributed by atoms with E-state index in [2.05, 4.69) is 5.32 Å². The second kappa shape index (κ2) is 8.31. The highest BCUT2D eigenvalue weighted by Crippen LogP contribution is 2.35. The second-order valence-electron chi connectivity index (χ2n) is 6.38. The molecule has 26 heavy (non-hydrogen) atoms. The van der Waals surface area contributed by atoms with E-state index in [1.807, 2.05) is 13.8 Å². The number of rotatable bonds is 5. The molecule has 1 saturated heterocycles. The molecule has 2 heterocycles. The van der Waals surface area contributed by atoms with E-state index in [0.717, 1.165) is 23.5 Å². The first-order valence-electron chi connectivity index (χ1n) is 8.57. The van der Waals surface area contributed by atoms with Crippen molar-refractivity contribution in [3.05, 3.63) is 50.9 Å². The molecule has 1 aliphatic rings. The fourth-order valence-corrected chi connectivity index (χ4v) is 4.30. The molecule has 1 aromatic carbocycles. The first-order chi connectivity index (χ1) is 12.5. The van der Waals surface area contributed by atoms with Gasteiger partial charge in [-0.3, -0.25) is 9.59 Å². The normalized spacial score (nSPS) is 15.0. The quantitative estimate of drug-likeness (QED) is 0.765. The van der Waals surface area contributed by atoms with Crippen molar-refractivity contribution < 1.29 is 19.2 Å². The van der Waals surface area contributed by atoms with Gasteiger partial charge in [-0.05, 0) is 31.5 Å². The number of hydrogen-bond donors (Lipinski definition) is 2. The van der Waals surface area contributed by atoms with Crippen LogP contribution in [-0.2, 0) is 9.53 Å². The third kappa shape index (κ3) is 4.15. The average Bonchev–Trinajstić information content (AvgIpc) is 2.89. The molecule has 1 aliphatic heterocycles. The first-order valence-corrected chi connectivity index (χ1v) is 9.77. The number of quaternary nitrogens is 1. The number of ketones is 1. The van der Waals surface area contributed by atoms with E-state index in [9.17, 15) is 9.59 Å². The Balaban J connectivity index is 1.82. The SMILES string of the molecule is Cc1sc(NC(=O)C[NH+]2CCOCC2)c(C(=O)c2ccccc2Cl)c1C. The summed E-state index contributed by atoms with van der Waals surface area (Å²) in [6, 6.07) is 6.98. The minimum atomic E-state index is -0.161. The van der Waals surface area contributed by atoms with Crippen LogP contribution in [0.4, 0.5) is 5.00 Å². The van der Waals surface area contributed by atoms with E-state index in [1.54, 1.807) is 24.3 Å². The zero-order valence-corrected chi connectivity index (χ0v) is 16.4. The Morgan fingerprint density at radius 2 is 1.92 bits per heavy atom. The molecule has 5 nitrogen and oxygen atoms in total. The van der Waals surface area contributed by atoms with Crippen molar-refractivity contribution in [1.29, 1.82) is 0 Å². The third-order valence-electron chi connectivity index (χ3n) is 4.59. The number of nitrogens with one attached hydrogen (secondary N) is 2. The lowest BCUT2D eigenvalue weighted by Gasteiger charge is -2.23. The fourth-order valence-electron chi connectivity index (χ4n) is 3.00. The molecule has 0 bridgehead atoms.